The van der Waals surface area contributed by atoms with Gasteiger partial charge in [-0.05, 0) is 39.0 Å². The van der Waals surface area contributed by atoms with Gasteiger partial charge in [0, 0.05) is 5.54 Å². The highest BCUT2D eigenvalue weighted by atomic mass is 16.5. The van der Waals surface area contributed by atoms with Crippen LogP contribution in [0, 0.1) is 0 Å². The second kappa shape index (κ2) is 8.14. The highest BCUT2D eigenvalue weighted by Gasteiger charge is 2.16. The third-order valence-electron chi connectivity index (χ3n) is 2.02. The largest absolute Gasteiger partial charge is 0.478 e. The van der Waals surface area contributed by atoms with Gasteiger partial charge >= 0.3 is 17.9 Å². The summed E-state index contributed by atoms with van der Waals surface area (Å²) < 4.78 is 8.91. The molecule has 0 aromatic heterocycles. The van der Waals surface area contributed by atoms with Gasteiger partial charge in [0.1, 0.15) is 0 Å². The molecule has 0 aliphatic carbocycles. The first kappa shape index (κ1) is 19.6. The predicted molar refractivity (Wildman–Crippen MR) is 80.0 cm³/mol. The van der Waals surface area contributed by atoms with Crippen molar-refractivity contribution in [2.75, 3.05) is 14.2 Å². The Morgan fingerprint density at radius 1 is 0.909 bits per heavy atom. The van der Waals surface area contributed by atoms with Crippen molar-refractivity contribution in [3.8, 4) is 0 Å². The first-order valence-electron chi connectivity index (χ1n) is 6.33. The normalized spacial score (nSPS) is 10.1. The summed E-state index contributed by atoms with van der Waals surface area (Å²) in [6, 6.07) is 3.46. The number of ether oxygens (including phenoxy) is 2. The highest BCUT2D eigenvalue weighted by Crippen LogP contribution is 2.13. The maximum Gasteiger partial charge on any atom is 0.337 e. The summed E-state index contributed by atoms with van der Waals surface area (Å²) >= 11 is 0. The van der Waals surface area contributed by atoms with E-state index in [1.165, 1.54) is 6.07 Å². The Kier molecular flexibility index (Phi) is 7.24. The van der Waals surface area contributed by atoms with Crippen LogP contribution in [0.4, 0.5) is 0 Å². The van der Waals surface area contributed by atoms with Crippen LogP contribution in [0.3, 0.4) is 0 Å². The number of aromatic carboxylic acids is 1. The number of rotatable bonds is 3. The molecular formula is C15H21NO6. The van der Waals surface area contributed by atoms with Crippen LogP contribution in [0.2, 0.25) is 0 Å². The summed E-state index contributed by atoms with van der Waals surface area (Å²) in [5.74, 6) is -2.70. The van der Waals surface area contributed by atoms with E-state index in [0.29, 0.717) is 0 Å². The zero-order valence-electron chi connectivity index (χ0n) is 13.3. The fraction of sp³-hybridized carbons (Fsp3) is 0.400. The molecule has 0 atom stereocenters. The fourth-order valence-corrected chi connectivity index (χ4v) is 1.22. The van der Waals surface area contributed by atoms with E-state index in [1.54, 1.807) is 0 Å². The summed E-state index contributed by atoms with van der Waals surface area (Å²) in [5.41, 5.74) is 5.13. The Labute approximate surface area is 129 Å². The van der Waals surface area contributed by atoms with Gasteiger partial charge in [-0.3, -0.25) is 0 Å². The number of hydrogen-bond acceptors (Lipinski definition) is 6. The van der Waals surface area contributed by atoms with Crippen molar-refractivity contribution in [2.24, 2.45) is 5.73 Å². The number of hydrogen-bond donors (Lipinski definition) is 2. The van der Waals surface area contributed by atoms with Crippen molar-refractivity contribution in [2.45, 2.75) is 26.3 Å². The number of carbonyl (C=O) groups is 3. The van der Waals surface area contributed by atoms with Crippen LogP contribution in [0.25, 0.3) is 0 Å². The minimum atomic E-state index is -1.25. The van der Waals surface area contributed by atoms with E-state index in [9.17, 15) is 14.4 Å². The molecule has 0 aliphatic heterocycles. The van der Waals surface area contributed by atoms with Crippen molar-refractivity contribution < 1.29 is 29.0 Å². The first-order valence-corrected chi connectivity index (χ1v) is 6.33. The Morgan fingerprint density at radius 3 is 1.41 bits per heavy atom. The average Bonchev–Trinajstić information content (AvgIpc) is 2.43. The van der Waals surface area contributed by atoms with Gasteiger partial charge in [0.05, 0.1) is 30.9 Å². The SMILES string of the molecule is CC(C)(C)N.COC(=O)c1cc(C(=O)O)cc(C(=O)OC)c1. The molecule has 0 unspecified atom stereocenters. The van der Waals surface area contributed by atoms with Crippen molar-refractivity contribution in [1.29, 1.82) is 0 Å². The van der Waals surface area contributed by atoms with E-state index in [4.69, 9.17) is 10.8 Å². The standard InChI is InChI=1S/C11H10O6.C4H11N/c1-16-10(14)7-3-6(9(12)13)4-8(5-7)11(15)17-2;1-4(2,3)5/h3-5H,1-2H3,(H,12,13);5H2,1-3H3. The summed E-state index contributed by atoms with van der Waals surface area (Å²) in [6.07, 6.45) is 0. The van der Waals surface area contributed by atoms with Gasteiger partial charge in [0.25, 0.3) is 0 Å². The smallest absolute Gasteiger partial charge is 0.337 e. The van der Waals surface area contributed by atoms with Crippen molar-refractivity contribution in [1.82, 2.24) is 0 Å². The molecule has 0 aliphatic rings. The molecule has 22 heavy (non-hydrogen) atoms. The second-order valence-electron chi connectivity index (χ2n) is 5.45. The molecule has 0 radical (unpaired) electrons. The lowest BCUT2D eigenvalue weighted by Gasteiger charge is -2.06. The minimum absolute atomic E-state index is 0. The minimum Gasteiger partial charge on any atom is -0.478 e. The summed E-state index contributed by atoms with van der Waals surface area (Å²) in [6.45, 7) is 5.90. The number of esters is 2. The Hall–Kier alpha value is -2.41. The molecule has 0 bridgehead atoms. The highest BCUT2D eigenvalue weighted by molar-refractivity contribution is 5.99. The molecule has 1 aromatic rings. The van der Waals surface area contributed by atoms with E-state index < -0.39 is 17.9 Å². The molecule has 7 heteroatoms. The zero-order valence-corrected chi connectivity index (χ0v) is 13.3. The quantitative estimate of drug-likeness (QED) is 0.816. The van der Waals surface area contributed by atoms with Gasteiger partial charge in [0.15, 0.2) is 0 Å². The summed E-state index contributed by atoms with van der Waals surface area (Å²) in [5, 5.41) is 8.84. The molecular weight excluding hydrogens is 290 g/mol. The van der Waals surface area contributed by atoms with Crippen molar-refractivity contribution in [3.63, 3.8) is 0 Å². The lowest BCUT2D eigenvalue weighted by atomic mass is 10.1. The Bertz CT molecular complexity index is 519. The van der Waals surface area contributed by atoms with Crippen LogP contribution in [0.5, 0.6) is 0 Å². The average molecular weight is 311 g/mol. The lowest BCUT2D eigenvalue weighted by Crippen LogP contribution is -2.26. The van der Waals surface area contributed by atoms with E-state index >= 15 is 0 Å². The van der Waals surface area contributed by atoms with E-state index in [2.05, 4.69) is 9.47 Å². The molecule has 0 spiro atoms. The molecule has 1 rings (SSSR count). The van der Waals surface area contributed by atoms with E-state index in [1.807, 2.05) is 20.8 Å². The molecule has 0 amide bonds. The maximum absolute atomic E-state index is 11.3. The summed E-state index contributed by atoms with van der Waals surface area (Å²) in [7, 11) is 2.32. The van der Waals surface area contributed by atoms with Crippen molar-refractivity contribution >= 4 is 17.9 Å². The maximum atomic E-state index is 11.3. The molecule has 0 heterocycles. The van der Waals surface area contributed by atoms with Gasteiger partial charge < -0.3 is 20.3 Å². The van der Waals surface area contributed by atoms with Gasteiger partial charge in [-0.25, -0.2) is 14.4 Å². The van der Waals surface area contributed by atoms with Crippen LogP contribution in [0.15, 0.2) is 18.2 Å². The number of methoxy groups -OCH3 is 2. The van der Waals surface area contributed by atoms with Crippen LogP contribution >= 0.6 is 0 Å². The van der Waals surface area contributed by atoms with Crippen LogP contribution in [0.1, 0.15) is 51.8 Å². The second-order valence-corrected chi connectivity index (χ2v) is 5.45. The Morgan fingerprint density at radius 2 is 1.18 bits per heavy atom. The van der Waals surface area contributed by atoms with Gasteiger partial charge in [0.2, 0.25) is 0 Å². The molecule has 0 saturated heterocycles. The number of carboxylic acid groups (broad SMARTS) is 1. The molecule has 3 N–H and O–H groups in total. The topological polar surface area (TPSA) is 116 Å². The lowest BCUT2D eigenvalue weighted by molar-refractivity contribution is 0.0599. The number of carboxylic acids is 1. The molecule has 122 valence electrons. The van der Waals surface area contributed by atoms with E-state index in [0.717, 1.165) is 26.4 Å². The summed E-state index contributed by atoms with van der Waals surface area (Å²) in [4.78, 5) is 33.4. The number of benzene rings is 1. The monoisotopic (exact) mass is 311 g/mol. The van der Waals surface area contributed by atoms with Gasteiger partial charge in [-0.1, -0.05) is 0 Å². The zero-order chi connectivity index (χ0) is 17.5. The third-order valence-corrected chi connectivity index (χ3v) is 2.02. The first-order chi connectivity index (χ1) is 9.99. The van der Waals surface area contributed by atoms with Gasteiger partial charge in [-0.15, -0.1) is 0 Å². The van der Waals surface area contributed by atoms with E-state index in [-0.39, 0.29) is 22.2 Å². The number of nitrogens with two attached hydrogens (primary N) is 1. The predicted octanol–water partition coefficient (Wildman–Crippen LogP) is 1.70. The van der Waals surface area contributed by atoms with Crippen LogP contribution < -0.4 is 5.73 Å². The fourth-order valence-electron chi connectivity index (χ4n) is 1.22. The Balaban J connectivity index is 0.000000763. The van der Waals surface area contributed by atoms with Gasteiger partial charge in [-0.2, -0.15) is 0 Å². The molecule has 7 nitrogen and oxygen atoms in total. The third kappa shape index (κ3) is 7.39. The number of carbonyl (C=O) groups excluding carboxylic acids is 2. The molecule has 1 aromatic carbocycles. The van der Waals surface area contributed by atoms with Crippen LogP contribution in [-0.4, -0.2) is 42.8 Å². The van der Waals surface area contributed by atoms with Crippen molar-refractivity contribution in [3.05, 3.63) is 34.9 Å². The van der Waals surface area contributed by atoms with Crippen LogP contribution in [-0.2, 0) is 9.47 Å². The molecule has 0 saturated carbocycles. The molecule has 0 fully saturated rings.